The molecule has 18 heavy (non-hydrogen) atoms. The molecular formula is C14H17BrO3. The predicted octanol–water partition coefficient (Wildman–Crippen LogP) is 3.61. The fraction of sp³-hybridized carbons (Fsp3) is 0.500. The van der Waals surface area contributed by atoms with Crippen molar-refractivity contribution in [2.75, 3.05) is 0 Å². The van der Waals surface area contributed by atoms with Gasteiger partial charge in [-0.05, 0) is 43.4 Å². The number of aliphatic carboxylic acids is 1. The Labute approximate surface area is 115 Å². The van der Waals surface area contributed by atoms with E-state index in [-0.39, 0.29) is 12.0 Å². The standard InChI is InChI=1S/C14H17BrO3/c15-12-5-1-10(2-6-12)9-18-13-7-3-11(4-8-13)14(16)17/h1-2,5-6,11,13H,3-4,7-9H2,(H,16,17). The summed E-state index contributed by atoms with van der Waals surface area (Å²) in [6.45, 7) is 0.607. The van der Waals surface area contributed by atoms with Crippen molar-refractivity contribution in [3.05, 3.63) is 34.3 Å². The highest BCUT2D eigenvalue weighted by Crippen LogP contribution is 2.27. The average Bonchev–Trinajstić information content (AvgIpc) is 2.38. The summed E-state index contributed by atoms with van der Waals surface area (Å²) in [6, 6.07) is 8.07. The molecule has 1 saturated carbocycles. The Bertz CT molecular complexity index is 394. The van der Waals surface area contributed by atoms with Crippen molar-refractivity contribution in [3.8, 4) is 0 Å². The van der Waals surface area contributed by atoms with Crippen molar-refractivity contribution in [3.63, 3.8) is 0 Å². The van der Waals surface area contributed by atoms with Gasteiger partial charge in [-0.1, -0.05) is 28.1 Å². The molecule has 0 spiro atoms. The Kier molecular flexibility index (Phi) is 4.78. The van der Waals surface area contributed by atoms with E-state index >= 15 is 0 Å². The first-order chi connectivity index (χ1) is 8.65. The largest absolute Gasteiger partial charge is 0.481 e. The maximum absolute atomic E-state index is 10.8. The molecular weight excluding hydrogens is 296 g/mol. The summed E-state index contributed by atoms with van der Waals surface area (Å²) in [6.07, 6.45) is 3.39. The highest BCUT2D eigenvalue weighted by atomic mass is 79.9. The van der Waals surface area contributed by atoms with Gasteiger partial charge in [-0.15, -0.1) is 0 Å². The molecule has 0 radical (unpaired) electrons. The fourth-order valence-corrected chi connectivity index (χ4v) is 2.54. The van der Waals surface area contributed by atoms with E-state index in [4.69, 9.17) is 9.84 Å². The third-order valence-corrected chi connectivity index (χ3v) is 3.95. The molecule has 0 amide bonds. The normalized spacial score (nSPS) is 23.8. The van der Waals surface area contributed by atoms with Crippen LogP contribution >= 0.6 is 15.9 Å². The molecule has 1 aromatic carbocycles. The number of hydrogen-bond donors (Lipinski definition) is 1. The van der Waals surface area contributed by atoms with E-state index in [0.717, 1.165) is 35.7 Å². The Morgan fingerprint density at radius 2 is 1.83 bits per heavy atom. The van der Waals surface area contributed by atoms with Crippen LogP contribution in [-0.2, 0) is 16.1 Å². The van der Waals surface area contributed by atoms with E-state index in [1.807, 2.05) is 24.3 Å². The molecule has 2 rings (SSSR count). The van der Waals surface area contributed by atoms with Crippen LogP contribution in [0, 0.1) is 5.92 Å². The highest BCUT2D eigenvalue weighted by molar-refractivity contribution is 9.10. The second-order valence-corrected chi connectivity index (χ2v) is 5.67. The Hall–Kier alpha value is -0.870. The zero-order valence-corrected chi connectivity index (χ0v) is 11.7. The maximum Gasteiger partial charge on any atom is 0.306 e. The maximum atomic E-state index is 10.8. The summed E-state index contributed by atoms with van der Waals surface area (Å²) in [5.41, 5.74) is 1.15. The minimum Gasteiger partial charge on any atom is -0.481 e. The van der Waals surface area contributed by atoms with Crippen LogP contribution in [0.1, 0.15) is 31.2 Å². The zero-order chi connectivity index (χ0) is 13.0. The minimum atomic E-state index is -0.665. The van der Waals surface area contributed by atoms with Gasteiger partial charge in [-0.25, -0.2) is 0 Å². The van der Waals surface area contributed by atoms with Crippen molar-refractivity contribution in [1.29, 1.82) is 0 Å². The SMILES string of the molecule is O=C(O)C1CCC(OCc2ccc(Br)cc2)CC1. The number of rotatable bonds is 4. The van der Waals surface area contributed by atoms with Crippen molar-refractivity contribution in [2.24, 2.45) is 5.92 Å². The van der Waals surface area contributed by atoms with E-state index in [1.165, 1.54) is 0 Å². The zero-order valence-electron chi connectivity index (χ0n) is 10.1. The van der Waals surface area contributed by atoms with Crippen molar-refractivity contribution >= 4 is 21.9 Å². The van der Waals surface area contributed by atoms with Crippen LogP contribution in [-0.4, -0.2) is 17.2 Å². The van der Waals surface area contributed by atoms with Gasteiger partial charge in [-0.3, -0.25) is 4.79 Å². The smallest absolute Gasteiger partial charge is 0.306 e. The van der Waals surface area contributed by atoms with E-state index < -0.39 is 5.97 Å². The molecule has 0 atom stereocenters. The molecule has 3 nitrogen and oxygen atoms in total. The summed E-state index contributed by atoms with van der Waals surface area (Å²) in [4.78, 5) is 10.8. The molecule has 0 aliphatic heterocycles. The van der Waals surface area contributed by atoms with Gasteiger partial charge in [0.15, 0.2) is 0 Å². The molecule has 98 valence electrons. The van der Waals surface area contributed by atoms with Gasteiger partial charge in [0.25, 0.3) is 0 Å². The first-order valence-corrected chi connectivity index (χ1v) is 7.03. The molecule has 0 bridgehead atoms. The second kappa shape index (κ2) is 6.34. The summed E-state index contributed by atoms with van der Waals surface area (Å²) < 4.78 is 6.89. The van der Waals surface area contributed by atoms with Crippen LogP contribution in [0.4, 0.5) is 0 Å². The lowest BCUT2D eigenvalue weighted by molar-refractivity contribution is -0.143. The molecule has 1 fully saturated rings. The molecule has 0 saturated heterocycles. The molecule has 4 heteroatoms. The van der Waals surface area contributed by atoms with Crippen LogP contribution in [0.15, 0.2) is 28.7 Å². The van der Waals surface area contributed by atoms with Crippen LogP contribution in [0.5, 0.6) is 0 Å². The van der Waals surface area contributed by atoms with Crippen LogP contribution in [0.3, 0.4) is 0 Å². The van der Waals surface area contributed by atoms with Gasteiger partial charge in [0, 0.05) is 4.47 Å². The van der Waals surface area contributed by atoms with Crippen LogP contribution in [0.2, 0.25) is 0 Å². The van der Waals surface area contributed by atoms with Gasteiger partial charge in [-0.2, -0.15) is 0 Å². The van der Waals surface area contributed by atoms with Crippen molar-refractivity contribution in [2.45, 2.75) is 38.4 Å². The number of carbonyl (C=O) groups is 1. The Morgan fingerprint density at radius 1 is 1.22 bits per heavy atom. The monoisotopic (exact) mass is 312 g/mol. The highest BCUT2D eigenvalue weighted by Gasteiger charge is 2.26. The third kappa shape index (κ3) is 3.82. The van der Waals surface area contributed by atoms with Crippen molar-refractivity contribution < 1.29 is 14.6 Å². The van der Waals surface area contributed by atoms with Gasteiger partial charge >= 0.3 is 5.97 Å². The molecule has 1 N–H and O–H groups in total. The van der Waals surface area contributed by atoms with E-state index in [9.17, 15) is 4.79 Å². The Balaban J connectivity index is 1.75. The first-order valence-electron chi connectivity index (χ1n) is 6.24. The lowest BCUT2D eigenvalue weighted by atomic mass is 9.87. The number of ether oxygens (including phenoxy) is 1. The van der Waals surface area contributed by atoms with Crippen LogP contribution in [0.25, 0.3) is 0 Å². The topological polar surface area (TPSA) is 46.5 Å². The number of carboxylic acid groups (broad SMARTS) is 1. The molecule has 1 aromatic rings. The average molecular weight is 313 g/mol. The Morgan fingerprint density at radius 3 is 2.39 bits per heavy atom. The van der Waals surface area contributed by atoms with E-state index in [1.54, 1.807) is 0 Å². The lowest BCUT2D eigenvalue weighted by Crippen LogP contribution is -2.25. The summed E-state index contributed by atoms with van der Waals surface area (Å²) in [5, 5.41) is 8.91. The van der Waals surface area contributed by atoms with E-state index in [2.05, 4.69) is 15.9 Å². The molecule has 1 aliphatic carbocycles. The number of hydrogen-bond acceptors (Lipinski definition) is 2. The van der Waals surface area contributed by atoms with Gasteiger partial charge in [0.2, 0.25) is 0 Å². The first kappa shape index (κ1) is 13.6. The van der Waals surface area contributed by atoms with E-state index in [0.29, 0.717) is 6.61 Å². The van der Waals surface area contributed by atoms with Gasteiger partial charge < -0.3 is 9.84 Å². The molecule has 1 aliphatic rings. The number of halogens is 1. The molecule has 0 unspecified atom stereocenters. The quantitative estimate of drug-likeness (QED) is 0.923. The summed E-state index contributed by atoms with van der Waals surface area (Å²) >= 11 is 3.40. The van der Waals surface area contributed by atoms with Gasteiger partial charge in [0.05, 0.1) is 18.6 Å². The second-order valence-electron chi connectivity index (χ2n) is 4.75. The third-order valence-electron chi connectivity index (χ3n) is 3.42. The number of benzene rings is 1. The fourth-order valence-electron chi connectivity index (χ4n) is 2.27. The van der Waals surface area contributed by atoms with Gasteiger partial charge in [0.1, 0.15) is 0 Å². The molecule has 0 aromatic heterocycles. The van der Waals surface area contributed by atoms with Crippen molar-refractivity contribution in [1.82, 2.24) is 0 Å². The number of carboxylic acids is 1. The molecule has 0 heterocycles. The van der Waals surface area contributed by atoms with Crippen LogP contribution < -0.4 is 0 Å². The lowest BCUT2D eigenvalue weighted by Gasteiger charge is -2.26. The minimum absolute atomic E-state index is 0.169. The summed E-state index contributed by atoms with van der Waals surface area (Å²) in [7, 11) is 0. The predicted molar refractivity (Wildman–Crippen MR) is 72.3 cm³/mol. The summed E-state index contributed by atoms with van der Waals surface area (Å²) in [5.74, 6) is -0.834.